The Hall–Kier alpha value is -0.420. The molecule has 0 fully saturated rings. The zero-order valence-corrected chi connectivity index (χ0v) is 11.9. The van der Waals surface area contributed by atoms with Crippen molar-refractivity contribution in [1.82, 2.24) is 20.3 Å². The smallest absolute Gasteiger partial charge is 0.153 e. The molecule has 16 heavy (non-hydrogen) atoms. The Bertz CT molecular complexity index is 291. The van der Waals surface area contributed by atoms with Gasteiger partial charge in [0.05, 0.1) is 11.7 Å². The fourth-order valence-corrected chi connectivity index (χ4v) is 2.51. The third-order valence-electron chi connectivity index (χ3n) is 2.85. The fraction of sp³-hybridized carbons (Fsp3) is 0.818. The van der Waals surface area contributed by atoms with E-state index in [4.69, 9.17) is 0 Å². The maximum Gasteiger partial charge on any atom is 0.153 e. The number of nitrogens with one attached hydrogen (secondary N) is 1. The molecule has 1 unspecified atom stereocenters. The van der Waals surface area contributed by atoms with E-state index in [1.807, 2.05) is 18.8 Å². The highest BCUT2D eigenvalue weighted by Gasteiger charge is 2.17. The summed E-state index contributed by atoms with van der Waals surface area (Å²) in [6, 6.07) is 0.339. The largest absolute Gasteiger partial charge is 0.312 e. The van der Waals surface area contributed by atoms with Gasteiger partial charge in [0.1, 0.15) is 0 Å². The van der Waals surface area contributed by atoms with Crippen molar-refractivity contribution in [2.24, 2.45) is 7.05 Å². The van der Waals surface area contributed by atoms with E-state index in [-0.39, 0.29) is 0 Å². The molecule has 0 saturated heterocycles. The maximum atomic E-state index is 4.02. The summed E-state index contributed by atoms with van der Waals surface area (Å²) < 4.78 is 2.69. The number of hydrogen-bond acceptors (Lipinski definition) is 3. The monoisotopic (exact) mass is 288 g/mol. The average molecular weight is 289 g/mol. The van der Waals surface area contributed by atoms with Crippen LogP contribution >= 0.6 is 15.9 Å². The van der Waals surface area contributed by atoms with Crippen LogP contribution in [0.2, 0.25) is 0 Å². The van der Waals surface area contributed by atoms with Gasteiger partial charge in [0, 0.05) is 7.05 Å². The first-order valence-corrected chi connectivity index (χ1v) is 6.72. The maximum absolute atomic E-state index is 4.02. The number of nitrogens with zero attached hydrogens (tertiary/aromatic N) is 3. The quantitative estimate of drug-likeness (QED) is 0.785. The van der Waals surface area contributed by atoms with Gasteiger partial charge in [-0.15, -0.1) is 5.10 Å². The normalized spacial score (nSPS) is 13.0. The predicted octanol–water partition coefficient (Wildman–Crippen LogP) is 2.81. The lowest BCUT2D eigenvalue weighted by Gasteiger charge is -2.16. The van der Waals surface area contributed by atoms with E-state index in [1.165, 1.54) is 25.7 Å². The summed E-state index contributed by atoms with van der Waals surface area (Å²) in [4.78, 5) is 0. The third kappa shape index (κ3) is 3.56. The summed E-state index contributed by atoms with van der Waals surface area (Å²) in [5, 5.41) is 11.4. The summed E-state index contributed by atoms with van der Waals surface area (Å²) in [7, 11) is 3.92. The van der Waals surface area contributed by atoms with E-state index in [9.17, 15) is 0 Å². The van der Waals surface area contributed by atoms with Crippen molar-refractivity contribution in [2.75, 3.05) is 7.05 Å². The first-order chi connectivity index (χ1) is 7.70. The fourth-order valence-electron chi connectivity index (χ4n) is 1.90. The van der Waals surface area contributed by atoms with Crippen molar-refractivity contribution < 1.29 is 0 Å². The Morgan fingerprint density at radius 3 is 2.62 bits per heavy atom. The predicted molar refractivity (Wildman–Crippen MR) is 69.3 cm³/mol. The first-order valence-electron chi connectivity index (χ1n) is 5.93. The zero-order chi connectivity index (χ0) is 12.0. The Morgan fingerprint density at radius 2 is 2.12 bits per heavy atom. The number of hydrogen-bond donors (Lipinski definition) is 1. The standard InChI is InChI=1S/C11H21BrN4/c1-4-5-6-7-8-9(13-2)10-11(12)14-15-16(10)3/h9,13H,4-8H2,1-3H3. The molecule has 0 amide bonds. The second kappa shape index (κ2) is 7.01. The Kier molecular flexibility index (Phi) is 5.98. The number of rotatable bonds is 7. The zero-order valence-electron chi connectivity index (χ0n) is 10.3. The van der Waals surface area contributed by atoms with Gasteiger partial charge >= 0.3 is 0 Å². The summed E-state index contributed by atoms with van der Waals surface area (Å²) in [6.45, 7) is 2.23. The lowest BCUT2D eigenvalue weighted by atomic mass is 10.1. The number of aryl methyl sites for hydroxylation is 1. The van der Waals surface area contributed by atoms with Gasteiger partial charge in [0.25, 0.3) is 0 Å². The molecule has 0 aliphatic heterocycles. The van der Waals surface area contributed by atoms with Gasteiger partial charge in [-0.2, -0.15) is 0 Å². The van der Waals surface area contributed by atoms with Crippen LogP contribution in [0, 0.1) is 0 Å². The minimum absolute atomic E-state index is 0.339. The second-order valence-electron chi connectivity index (χ2n) is 4.08. The third-order valence-corrected chi connectivity index (χ3v) is 3.42. The molecule has 92 valence electrons. The highest BCUT2D eigenvalue weighted by molar-refractivity contribution is 9.10. The van der Waals surface area contributed by atoms with Crippen LogP contribution in [0.4, 0.5) is 0 Å². The lowest BCUT2D eigenvalue weighted by Crippen LogP contribution is -2.19. The van der Waals surface area contributed by atoms with Crippen LogP contribution in [0.5, 0.6) is 0 Å². The molecule has 0 spiro atoms. The molecule has 1 rings (SSSR count). The van der Waals surface area contributed by atoms with Gasteiger partial charge in [-0.25, -0.2) is 4.68 Å². The van der Waals surface area contributed by atoms with Crippen molar-refractivity contribution in [3.8, 4) is 0 Å². The lowest BCUT2D eigenvalue weighted by molar-refractivity contribution is 0.474. The first kappa shape index (κ1) is 13.6. The van der Waals surface area contributed by atoms with Crippen LogP contribution in [-0.4, -0.2) is 22.0 Å². The number of halogens is 1. The molecule has 0 bridgehead atoms. The number of aromatic nitrogens is 3. The van der Waals surface area contributed by atoms with Gasteiger partial charge in [-0.1, -0.05) is 37.8 Å². The van der Waals surface area contributed by atoms with Crippen molar-refractivity contribution in [2.45, 2.75) is 45.1 Å². The minimum atomic E-state index is 0.339. The van der Waals surface area contributed by atoms with E-state index in [2.05, 4.69) is 38.5 Å². The Balaban J connectivity index is 2.54. The SMILES string of the molecule is CCCCCCC(NC)c1c(Br)nnn1C. The van der Waals surface area contributed by atoms with E-state index in [1.54, 1.807) is 0 Å². The molecule has 1 N–H and O–H groups in total. The second-order valence-corrected chi connectivity index (χ2v) is 4.83. The van der Waals surface area contributed by atoms with Crippen molar-refractivity contribution in [1.29, 1.82) is 0 Å². The summed E-state index contributed by atoms with van der Waals surface area (Å²) in [6.07, 6.45) is 6.29. The summed E-state index contributed by atoms with van der Waals surface area (Å²) >= 11 is 3.45. The molecular weight excluding hydrogens is 268 g/mol. The molecule has 0 saturated carbocycles. The molecule has 1 aromatic rings. The highest BCUT2D eigenvalue weighted by atomic mass is 79.9. The van der Waals surface area contributed by atoms with E-state index in [0.717, 1.165) is 16.7 Å². The molecule has 0 aliphatic carbocycles. The highest BCUT2D eigenvalue weighted by Crippen LogP contribution is 2.24. The molecule has 1 heterocycles. The average Bonchev–Trinajstić information content (AvgIpc) is 2.60. The summed E-state index contributed by atoms with van der Waals surface area (Å²) in [5.41, 5.74) is 1.14. The topological polar surface area (TPSA) is 42.7 Å². The van der Waals surface area contributed by atoms with E-state index in [0.29, 0.717) is 6.04 Å². The van der Waals surface area contributed by atoms with Crippen LogP contribution in [0.3, 0.4) is 0 Å². The van der Waals surface area contributed by atoms with Crippen LogP contribution < -0.4 is 5.32 Å². The molecule has 5 heteroatoms. The van der Waals surface area contributed by atoms with Gasteiger partial charge in [-0.3, -0.25) is 0 Å². The van der Waals surface area contributed by atoms with Crippen LogP contribution in [0.15, 0.2) is 4.60 Å². The van der Waals surface area contributed by atoms with Gasteiger partial charge in [0.2, 0.25) is 0 Å². The van der Waals surface area contributed by atoms with Crippen LogP contribution in [0.25, 0.3) is 0 Å². The molecular formula is C11H21BrN4. The van der Waals surface area contributed by atoms with Gasteiger partial charge in [0.15, 0.2) is 4.60 Å². The van der Waals surface area contributed by atoms with E-state index < -0.39 is 0 Å². The van der Waals surface area contributed by atoms with Crippen molar-refractivity contribution >= 4 is 15.9 Å². The molecule has 0 aliphatic rings. The molecule has 4 nitrogen and oxygen atoms in total. The minimum Gasteiger partial charge on any atom is -0.312 e. The molecule has 0 radical (unpaired) electrons. The van der Waals surface area contributed by atoms with Crippen molar-refractivity contribution in [3.63, 3.8) is 0 Å². The van der Waals surface area contributed by atoms with Crippen LogP contribution in [-0.2, 0) is 7.05 Å². The summed E-state index contributed by atoms with van der Waals surface area (Å²) in [5.74, 6) is 0. The van der Waals surface area contributed by atoms with Gasteiger partial charge in [-0.05, 0) is 29.4 Å². The van der Waals surface area contributed by atoms with Crippen LogP contribution in [0.1, 0.15) is 50.8 Å². The molecule has 1 aromatic heterocycles. The molecule has 1 atom stereocenters. The van der Waals surface area contributed by atoms with Gasteiger partial charge < -0.3 is 5.32 Å². The molecule has 0 aromatic carbocycles. The van der Waals surface area contributed by atoms with E-state index >= 15 is 0 Å². The Labute approximate surface area is 106 Å². The van der Waals surface area contributed by atoms with Crippen molar-refractivity contribution in [3.05, 3.63) is 10.3 Å². The Morgan fingerprint density at radius 1 is 1.38 bits per heavy atom. The number of unbranched alkanes of at least 4 members (excludes halogenated alkanes) is 3.